The summed E-state index contributed by atoms with van der Waals surface area (Å²) in [5.74, 6) is -0.200. The fourth-order valence-corrected chi connectivity index (χ4v) is 4.14. The van der Waals surface area contributed by atoms with E-state index in [2.05, 4.69) is 0 Å². The Morgan fingerprint density at radius 1 is 0.600 bits per heavy atom. The average Bonchev–Trinajstić information content (AvgIpc) is 2.79. The van der Waals surface area contributed by atoms with E-state index in [1.54, 1.807) is 18.2 Å². The highest BCUT2D eigenvalue weighted by molar-refractivity contribution is 6.08. The summed E-state index contributed by atoms with van der Waals surface area (Å²) in [6.07, 6.45) is -0.969. The monoisotopic (exact) mass is 394 g/mol. The standard InChI is InChI=1S/C27H19FO2/c28-20-13-9-19(10-14-20)27(30)23-15-11-17-5-1-3-7-21(17)25(23)26-22-8-4-2-6-18(22)12-16-24(26)29/h1-16,27,29-30H/t27-/m1/s1. The van der Waals surface area contributed by atoms with Gasteiger partial charge >= 0.3 is 0 Å². The minimum Gasteiger partial charge on any atom is -0.507 e. The van der Waals surface area contributed by atoms with E-state index in [1.165, 1.54) is 12.1 Å². The van der Waals surface area contributed by atoms with E-state index in [0.717, 1.165) is 27.1 Å². The van der Waals surface area contributed by atoms with Crippen LogP contribution in [0.25, 0.3) is 32.7 Å². The summed E-state index contributed by atoms with van der Waals surface area (Å²) in [5.41, 5.74) is 2.71. The summed E-state index contributed by atoms with van der Waals surface area (Å²) >= 11 is 0. The minimum atomic E-state index is -0.969. The maximum Gasteiger partial charge on any atom is 0.124 e. The first-order valence-electron chi connectivity index (χ1n) is 9.80. The van der Waals surface area contributed by atoms with Crippen molar-refractivity contribution in [3.05, 3.63) is 114 Å². The summed E-state index contributed by atoms with van der Waals surface area (Å²) in [5, 5.41) is 26.0. The van der Waals surface area contributed by atoms with Crippen LogP contribution in [-0.2, 0) is 0 Å². The van der Waals surface area contributed by atoms with E-state index in [-0.39, 0.29) is 11.6 Å². The van der Waals surface area contributed by atoms with Crippen LogP contribution in [0, 0.1) is 5.82 Å². The van der Waals surface area contributed by atoms with Gasteiger partial charge in [-0.2, -0.15) is 0 Å². The van der Waals surface area contributed by atoms with Crippen LogP contribution >= 0.6 is 0 Å². The third-order valence-corrected chi connectivity index (χ3v) is 5.60. The molecule has 5 aromatic carbocycles. The fraction of sp³-hybridized carbons (Fsp3) is 0.0370. The van der Waals surface area contributed by atoms with Crippen LogP contribution in [0.4, 0.5) is 4.39 Å². The minimum absolute atomic E-state index is 0.151. The SMILES string of the molecule is Oc1ccc2ccccc2c1-c1c([C@H](O)c2ccc(F)cc2)ccc2ccccc12. The second-order valence-corrected chi connectivity index (χ2v) is 7.39. The number of fused-ring (bicyclic) bond motifs is 2. The molecule has 0 aliphatic carbocycles. The Bertz CT molecular complexity index is 1370. The van der Waals surface area contributed by atoms with Crippen molar-refractivity contribution in [3.63, 3.8) is 0 Å². The molecule has 30 heavy (non-hydrogen) atoms. The number of phenolic OH excluding ortho intramolecular Hbond substituents is 1. The first-order chi connectivity index (χ1) is 14.6. The Kier molecular flexibility index (Phi) is 4.46. The van der Waals surface area contributed by atoms with Crippen molar-refractivity contribution < 1.29 is 14.6 Å². The lowest BCUT2D eigenvalue weighted by Crippen LogP contribution is -2.03. The van der Waals surface area contributed by atoms with Crippen molar-refractivity contribution in [2.75, 3.05) is 0 Å². The second-order valence-electron chi connectivity index (χ2n) is 7.39. The predicted molar refractivity (Wildman–Crippen MR) is 119 cm³/mol. The number of halogens is 1. The molecule has 0 radical (unpaired) electrons. The quantitative estimate of drug-likeness (QED) is 0.363. The van der Waals surface area contributed by atoms with Crippen LogP contribution < -0.4 is 0 Å². The maximum atomic E-state index is 13.4. The highest BCUT2D eigenvalue weighted by atomic mass is 19.1. The van der Waals surface area contributed by atoms with Crippen LogP contribution in [0.15, 0.2) is 97.1 Å². The van der Waals surface area contributed by atoms with Crippen molar-refractivity contribution in [3.8, 4) is 16.9 Å². The van der Waals surface area contributed by atoms with Crippen LogP contribution in [-0.4, -0.2) is 10.2 Å². The Balaban J connectivity index is 1.87. The number of hydrogen-bond acceptors (Lipinski definition) is 2. The van der Waals surface area contributed by atoms with Crippen molar-refractivity contribution in [1.29, 1.82) is 0 Å². The number of aromatic hydroxyl groups is 1. The summed E-state index contributed by atoms with van der Waals surface area (Å²) < 4.78 is 13.4. The zero-order valence-electron chi connectivity index (χ0n) is 16.1. The highest BCUT2D eigenvalue weighted by Crippen LogP contribution is 2.44. The van der Waals surface area contributed by atoms with Gasteiger partial charge in [0.2, 0.25) is 0 Å². The number of rotatable bonds is 3. The summed E-state index contributed by atoms with van der Waals surface area (Å²) in [7, 11) is 0. The van der Waals surface area contributed by atoms with Gasteiger partial charge in [-0.1, -0.05) is 78.9 Å². The molecule has 5 rings (SSSR count). The Hall–Kier alpha value is -3.69. The van der Waals surface area contributed by atoms with E-state index < -0.39 is 6.10 Å². The van der Waals surface area contributed by atoms with Gasteiger partial charge in [-0.3, -0.25) is 0 Å². The van der Waals surface area contributed by atoms with Crippen LogP contribution in [0.3, 0.4) is 0 Å². The van der Waals surface area contributed by atoms with Gasteiger partial charge in [-0.25, -0.2) is 4.39 Å². The molecule has 2 N–H and O–H groups in total. The number of benzene rings is 5. The molecule has 3 heteroatoms. The maximum absolute atomic E-state index is 13.4. The van der Waals surface area contributed by atoms with Crippen LogP contribution in [0.2, 0.25) is 0 Å². The summed E-state index contributed by atoms with van der Waals surface area (Å²) in [6.45, 7) is 0. The van der Waals surface area contributed by atoms with E-state index >= 15 is 0 Å². The molecule has 0 saturated heterocycles. The van der Waals surface area contributed by atoms with E-state index in [0.29, 0.717) is 16.7 Å². The predicted octanol–water partition coefficient (Wildman–Crippen LogP) is 6.59. The van der Waals surface area contributed by atoms with Gasteiger partial charge in [-0.15, -0.1) is 0 Å². The molecule has 0 amide bonds. The second kappa shape index (κ2) is 7.29. The van der Waals surface area contributed by atoms with Gasteiger partial charge < -0.3 is 10.2 Å². The molecule has 0 aliphatic heterocycles. The van der Waals surface area contributed by atoms with E-state index in [9.17, 15) is 14.6 Å². The van der Waals surface area contributed by atoms with Crippen LogP contribution in [0.1, 0.15) is 17.2 Å². The number of hydrogen-bond donors (Lipinski definition) is 2. The molecule has 146 valence electrons. The van der Waals surface area contributed by atoms with Gasteiger partial charge in [0.1, 0.15) is 17.7 Å². The van der Waals surface area contributed by atoms with Gasteiger partial charge in [-0.05, 0) is 56.4 Å². The molecular formula is C27H19FO2. The molecule has 5 aromatic rings. The fourth-order valence-electron chi connectivity index (χ4n) is 4.14. The molecular weight excluding hydrogens is 375 g/mol. The molecule has 0 spiro atoms. The summed E-state index contributed by atoms with van der Waals surface area (Å²) in [4.78, 5) is 0. The van der Waals surface area contributed by atoms with Crippen molar-refractivity contribution in [2.24, 2.45) is 0 Å². The van der Waals surface area contributed by atoms with Gasteiger partial charge in [0.25, 0.3) is 0 Å². The molecule has 2 nitrogen and oxygen atoms in total. The van der Waals surface area contributed by atoms with Crippen molar-refractivity contribution in [2.45, 2.75) is 6.10 Å². The number of aliphatic hydroxyl groups is 1. The van der Waals surface area contributed by atoms with Gasteiger partial charge in [0.05, 0.1) is 0 Å². The molecule has 0 unspecified atom stereocenters. The molecule has 0 bridgehead atoms. The lowest BCUT2D eigenvalue weighted by atomic mass is 9.86. The average molecular weight is 394 g/mol. The Labute approximate surface area is 173 Å². The molecule has 0 heterocycles. The lowest BCUT2D eigenvalue weighted by Gasteiger charge is -2.20. The molecule has 1 atom stereocenters. The first-order valence-corrected chi connectivity index (χ1v) is 9.80. The van der Waals surface area contributed by atoms with Crippen LogP contribution in [0.5, 0.6) is 5.75 Å². The van der Waals surface area contributed by atoms with E-state index in [1.807, 2.05) is 66.7 Å². The third-order valence-electron chi connectivity index (χ3n) is 5.60. The molecule has 0 aromatic heterocycles. The summed E-state index contributed by atoms with van der Waals surface area (Å²) in [6, 6.07) is 29.0. The molecule has 0 aliphatic rings. The van der Waals surface area contributed by atoms with E-state index in [4.69, 9.17) is 0 Å². The van der Waals surface area contributed by atoms with Crippen molar-refractivity contribution in [1.82, 2.24) is 0 Å². The topological polar surface area (TPSA) is 40.5 Å². The van der Waals surface area contributed by atoms with Gasteiger partial charge in [0.15, 0.2) is 0 Å². The number of aliphatic hydroxyl groups excluding tert-OH is 1. The first kappa shape index (κ1) is 18.3. The Morgan fingerprint density at radius 3 is 1.83 bits per heavy atom. The number of phenols is 1. The zero-order valence-corrected chi connectivity index (χ0v) is 16.1. The smallest absolute Gasteiger partial charge is 0.124 e. The van der Waals surface area contributed by atoms with Gasteiger partial charge in [0, 0.05) is 5.56 Å². The van der Waals surface area contributed by atoms with Crippen molar-refractivity contribution >= 4 is 21.5 Å². The highest BCUT2D eigenvalue weighted by Gasteiger charge is 2.21. The molecule has 0 fully saturated rings. The largest absolute Gasteiger partial charge is 0.507 e. The normalized spacial score (nSPS) is 12.3. The lowest BCUT2D eigenvalue weighted by molar-refractivity contribution is 0.221. The zero-order chi connectivity index (χ0) is 20.7. The Morgan fingerprint density at radius 2 is 1.17 bits per heavy atom. The molecule has 0 saturated carbocycles. The third kappa shape index (κ3) is 3.00.